The summed E-state index contributed by atoms with van der Waals surface area (Å²) in [5, 5.41) is 25.5. The maximum atomic E-state index is 11.2. The molecule has 2 rings (SSSR count). The van der Waals surface area contributed by atoms with Crippen molar-refractivity contribution < 1.29 is 15.0 Å². The smallest absolute Gasteiger partial charge is 0.306 e. The highest BCUT2D eigenvalue weighted by Crippen LogP contribution is 2.29. The number of hydrogen-bond donors (Lipinski definition) is 3. The van der Waals surface area contributed by atoms with E-state index in [1.54, 1.807) is 10.9 Å². The second-order valence-electron chi connectivity index (χ2n) is 5.46. The summed E-state index contributed by atoms with van der Waals surface area (Å²) in [7, 11) is 0. The SMILES string of the molecule is O=C(O)C1CCCCC1CNCc1cnn(CCO)c1. The van der Waals surface area contributed by atoms with Gasteiger partial charge in [-0.15, -0.1) is 0 Å². The third kappa shape index (κ3) is 4.05. The Hall–Kier alpha value is -1.40. The van der Waals surface area contributed by atoms with Crippen LogP contribution in [-0.4, -0.2) is 39.1 Å². The molecule has 1 heterocycles. The molecule has 2 atom stereocenters. The number of aromatic nitrogens is 2. The van der Waals surface area contributed by atoms with Crippen LogP contribution in [0.2, 0.25) is 0 Å². The first-order valence-electron chi connectivity index (χ1n) is 7.26. The molecule has 6 heteroatoms. The van der Waals surface area contributed by atoms with Crippen LogP contribution in [-0.2, 0) is 17.9 Å². The van der Waals surface area contributed by atoms with E-state index in [0.717, 1.165) is 37.8 Å². The first-order valence-corrected chi connectivity index (χ1v) is 7.26. The van der Waals surface area contributed by atoms with Gasteiger partial charge in [0.2, 0.25) is 0 Å². The Morgan fingerprint density at radius 2 is 2.25 bits per heavy atom. The lowest BCUT2D eigenvalue weighted by atomic mass is 9.79. The lowest BCUT2D eigenvalue weighted by Gasteiger charge is -2.28. The zero-order valence-electron chi connectivity index (χ0n) is 11.7. The first-order chi connectivity index (χ1) is 9.70. The lowest BCUT2D eigenvalue weighted by molar-refractivity contribution is -0.144. The molecule has 3 N–H and O–H groups in total. The fourth-order valence-electron chi connectivity index (χ4n) is 2.90. The Morgan fingerprint density at radius 1 is 1.45 bits per heavy atom. The highest BCUT2D eigenvalue weighted by Gasteiger charge is 2.30. The van der Waals surface area contributed by atoms with Gasteiger partial charge in [-0.25, -0.2) is 0 Å². The largest absolute Gasteiger partial charge is 0.481 e. The maximum Gasteiger partial charge on any atom is 0.306 e. The molecule has 0 radical (unpaired) electrons. The zero-order chi connectivity index (χ0) is 14.4. The predicted octanol–water partition coefficient (Wildman–Crippen LogP) is 0.856. The molecule has 1 aromatic heterocycles. The average Bonchev–Trinajstić information content (AvgIpc) is 2.87. The molecule has 0 aliphatic heterocycles. The van der Waals surface area contributed by atoms with Crippen molar-refractivity contribution in [2.24, 2.45) is 11.8 Å². The molecule has 0 amide bonds. The second-order valence-corrected chi connectivity index (χ2v) is 5.46. The number of aliphatic carboxylic acids is 1. The molecule has 1 saturated carbocycles. The monoisotopic (exact) mass is 281 g/mol. The van der Waals surface area contributed by atoms with Gasteiger partial charge in [0, 0.05) is 18.3 Å². The van der Waals surface area contributed by atoms with Gasteiger partial charge >= 0.3 is 5.97 Å². The van der Waals surface area contributed by atoms with Gasteiger partial charge in [0.15, 0.2) is 0 Å². The van der Waals surface area contributed by atoms with Crippen LogP contribution in [0.5, 0.6) is 0 Å². The summed E-state index contributed by atoms with van der Waals surface area (Å²) in [4.78, 5) is 11.2. The average molecular weight is 281 g/mol. The minimum atomic E-state index is -0.660. The first kappa shape index (κ1) is 15.0. The van der Waals surface area contributed by atoms with E-state index in [9.17, 15) is 9.90 Å². The molecule has 1 aliphatic carbocycles. The Balaban J connectivity index is 1.77. The summed E-state index contributed by atoms with van der Waals surface area (Å²) in [6.45, 7) is 2.01. The van der Waals surface area contributed by atoms with Gasteiger partial charge in [-0.05, 0) is 25.3 Å². The molecule has 0 saturated heterocycles. The number of rotatable bonds is 7. The maximum absolute atomic E-state index is 11.2. The van der Waals surface area contributed by atoms with Crippen LogP contribution in [0.25, 0.3) is 0 Å². The van der Waals surface area contributed by atoms with Crippen LogP contribution >= 0.6 is 0 Å². The summed E-state index contributed by atoms with van der Waals surface area (Å²) in [6, 6.07) is 0. The number of carbonyl (C=O) groups is 1. The molecular formula is C14H23N3O3. The van der Waals surface area contributed by atoms with Crippen molar-refractivity contribution in [2.75, 3.05) is 13.2 Å². The van der Waals surface area contributed by atoms with E-state index in [-0.39, 0.29) is 18.4 Å². The summed E-state index contributed by atoms with van der Waals surface area (Å²) in [6.07, 6.45) is 7.63. The van der Waals surface area contributed by atoms with E-state index in [4.69, 9.17) is 5.11 Å². The van der Waals surface area contributed by atoms with Gasteiger partial charge in [0.05, 0.1) is 25.3 Å². The van der Waals surface area contributed by atoms with Crippen molar-refractivity contribution >= 4 is 5.97 Å². The van der Waals surface area contributed by atoms with Gasteiger partial charge in [-0.2, -0.15) is 5.10 Å². The molecule has 1 fully saturated rings. The topological polar surface area (TPSA) is 87.4 Å². The number of carboxylic acid groups (broad SMARTS) is 1. The molecule has 20 heavy (non-hydrogen) atoms. The van der Waals surface area contributed by atoms with Crippen LogP contribution in [0.15, 0.2) is 12.4 Å². The van der Waals surface area contributed by atoms with Crippen molar-refractivity contribution in [1.29, 1.82) is 0 Å². The standard InChI is InChI=1S/C14H23N3O3/c18-6-5-17-10-11(8-16-17)7-15-9-12-3-1-2-4-13(12)14(19)20/h8,10,12-13,15,18H,1-7,9H2,(H,19,20). The quantitative estimate of drug-likeness (QED) is 0.690. The summed E-state index contributed by atoms with van der Waals surface area (Å²) < 4.78 is 1.71. The van der Waals surface area contributed by atoms with Crippen molar-refractivity contribution in [3.05, 3.63) is 18.0 Å². The Morgan fingerprint density at radius 3 is 3.00 bits per heavy atom. The van der Waals surface area contributed by atoms with E-state index in [0.29, 0.717) is 13.1 Å². The van der Waals surface area contributed by atoms with Gasteiger partial charge in [-0.3, -0.25) is 9.48 Å². The number of carboxylic acids is 1. The number of aliphatic hydroxyl groups excluding tert-OH is 1. The van der Waals surface area contributed by atoms with Crippen molar-refractivity contribution in [3.8, 4) is 0 Å². The molecule has 0 bridgehead atoms. The molecule has 1 aromatic rings. The number of aliphatic hydroxyl groups is 1. The van der Waals surface area contributed by atoms with Crippen molar-refractivity contribution in [1.82, 2.24) is 15.1 Å². The Kier molecular flexibility index (Phi) is 5.55. The zero-order valence-corrected chi connectivity index (χ0v) is 11.7. The third-order valence-electron chi connectivity index (χ3n) is 3.98. The summed E-state index contributed by atoms with van der Waals surface area (Å²) in [5.41, 5.74) is 1.06. The number of hydrogen-bond acceptors (Lipinski definition) is 4. The van der Waals surface area contributed by atoms with Crippen molar-refractivity contribution in [3.63, 3.8) is 0 Å². The fourth-order valence-corrected chi connectivity index (χ4v) is 2.90. The molecule has 112 valence electrons. The predicted molar refractivity (Wildman–Crippen MR) is 74.1 cm³/mol. The van der Waals surface area contributed by atoms with E-state index in [2.05, 4.69) is 10.4 Å². The van der Waals surface area contributed by atoms with E-state index >= 15 is 0 Å². The molecule has 1 aliphatic rings. The molecule has 2 unspecified atom stereocenters. The number of nitrogens with zero attached hydrogens (tertiary/aromatic N) is 2. The van der Waals surface area contributed by atoms with Crippen LogP contribution in [0.1, 0.15) is 31.2 Å². The third-order valence-corrected chi connectivity index (χ3v) is 3.98. The number of nitrogens with one attached hydrogen (secondary N) is 1. The van der Waals surface area contributed by atoms with Crippen LogP contribution in [0.4, 0.5) is 0 Å². The summed E-state index contributed by atoms with van der Waals surface area (Å²) >= 11 is 0. The van der Waals surface area contributed by atoms with Gasteiger partial charge in [0.25, 0.3) is 0 Å². The molecule has 0 aromatic carbocycles. The minimum absolute atomic E-state index is 0.0803. The molecule has 6 nitrogen and oxygen atoms in total. The van der Waals surface area contributed by atoms with E-state index < -0.39 is 5.97 Å². The normalized spacial score (nSPS) is 22.9. The van der Waals surface area contributed by atoms with Crippen LogP contribution < -0.4 is 5.32 Å². The van der Waals surface area contributed by atoms with Crippen LogP contribution in [0.3, 0.4) is 0 Å². The Labute approximate surface area is 118 Å². The van der Waals surface area contributed by atoms with Gasteiger partial charge in [0.1, 0.15) is 0 Å². The fraction of sp³-hybridized carbons (Fsp3) is 0.714. The highest BCUT2D eigenvalue weighted by atomic mass is 16.4. The summed E-state index contributed by atoms with van der Waals surface area (Å²) in [5.74, 6) is -0.630. The van der Waals surface area contributed by atoms with Gasteiger partial charge in [-0.1, -0.05) is 12.8 Å². The van der Waals surface area contributed by atoms with E-state index in [1.807, 2.05) is 6.20 Å². The second kappa shape index (κ2) is 7.40. The molecule has 0 spiro atoms. The molecular weight excluding hydrogens is 258 g/mol. The van der Waals surface area contributed by atoms with Gasteiger partial charge < -0.3 is 15.5 Å². The Bertz CT molecular complexity index is 433. The van der Waals surface area contributed by atoms with Crippen LogP contribution in [0, 0.1) is 11.8 Å². The lowest BCUT2D eigenvalue weighted by Crippen LogP contribution is -2.34. The van der Waals surface area contributed by atoms with Crippen molar-refractivity contribution in [2.45, 2.75) is 38.8 Å². The highest BCUT2D eigenvalue weighted by molar-refractivity contribution is 5.70. The minimum Gasteiger partial charge on any atom is -0.481 e. The van der Waals surface area contributed by atoms with E-state index in [1.165, 1.54) is 0 Å².